The molecule has 0 saturated carbocycles. The number of aromatic hydroxyl groups is 2. The number of esters is 2. The molecule has 318 valence electrons. The molecule has 12 heteroatoms. The van der Waals surface area contributed by atoms with Gasteiger partial charge in [0.05, 0.1) is 13.2 Å². The molecule has 0 bridgehead atoms. The van der Waals surface area contributed by atoms with Crippen LogP contribution in [0.5, 0.6) is 23.0 Å². The van der Waals surface area contributed by atoms with E-state index in [1.54, 1.807) is 36.4 Å². The highest BCUT2D eigenvalue weighted by Gasteiger charge is 2.16. The molecule has 0 fully saturated rings. The first-order valence-corrected chi connectivity index (χ1v) is 20.0. The summed E-state index contributed by atoms with van der Waals surface area (Å²) in [4.78, 5) is 45.2. The van der Waals surface area contributed by atoms with Gasteiger partial charge in [0, 0.05) is 12.2 Å². The van der Waals surface area contributed by atoms with E-state index in [9.17, 15) is 19.2 Å². The summed E-state index contributed by atoms with van der Waals surface area (Å²) >= 11 is 0. The van der Waals surface area contributed by atoms with Crippen molar-refractivity contribution in [3.63, 3.8) is 0 Å². The normalized spacial score (nSPS) is 11.2. The van der Waals surface area contributed by atoms with Crippen LogP contribution in [0.3, 0.4) is 0 Å². The number of aromatic carboxylic acids is 2. The van der Waals surface area contributed by atoms with Crippen LogP contribution in [0.2, 0.25) is 0 Å². The maximum Gasteiger partial charge on any atom is 0.339 e. The van der Waals surface area contributed by atoms with Gasteiger partial charge >= 0.3 is 23.9 Å². The summed E-state index contributed by atoms with van der Waals surface area (Å²) < 4.78 is 21.9. The second-order valence-electron chi connectivity index (χ2n) is 13.3. The minimum Gasteiger partial charge on any atom is -0.508 e. The largest absolute Gasteiger partial charge is 0.508 e. The Hall–Kier alpha value is -5.78. The number of unbranched alkanes of at least 4 members (excludes halogenated alkanes) is 6. The van der Waals surface area contributed by atoms with Gasteiger partial charge in [-0.15, -0.1) is 0 Å². The Morgan fingerprint density at radius 2 is 0.879 bits per heavy atom. The molecular formula is C46H62O12. The lowest BCUT2D eigenvalue weighted by molar-refractivity contribution is -0.144. The number of carboxylic acid groups (broad SMARTS) is 2. The number of hydrogen-bond acceptors (Lipinski definition) is 10. The number of carbonyl (C=O) groups excluding carboxylic acids is 2. The molecule has 3 aromatic carbocycles. The maximum absolute atomic E-state index is 11.4. The van der Waals surface area contributed by atoms with Gasteiger partial charge in [-0.1, -0.05) is 89.8 Å². The van der Waals surface area contributed by atoms with E-state index in [2.05, 4.69) is 27.0 Å². The van der Waals surface area contributed by atoms with Crippen LogP contribution in [-0.2, 0) is 19.1 Å². The summed E-state index contributed by atoms with van der Waals surface area (Å²) in [7, 11) is 0. The number of rotatable bonds is 26. The van der Waals surface area contributed by atoms with Crippen molar-refractivity contribution in [1.82, 2.24) is 0 Å². The number of benzene rings is 3. The number of phenolic OH excluding ortho intramolecular Hbond substituents is 2. The van der Waals surface area contributed by atoms with Crippen molar-refractivity contribution >= 4 is 23.9 Å². The first kappa shape index (κ1) is 50.2. The molecule has 0 aromatic heterocycles. The van der Waals surface area contributed by atoms with Crippen molar-refractivity contribution in [3.05, 3.63) is 109 Å². The van der Waals surface area contributed by atoms with Crippen LogP contribution in [0.15, 0.2) is 98.1 Å². The molecule has 0 aliphatic rings. The van der Waals surface area contributed by atoms with E-state index in [1.807, 2.05) is 0 Å². The van der Waals surface area contributed by atoms with E-state index < -0.39 is 23.9 Å². The monoisotopic (exact) mass is 806 g/mol. The zero-order chi connectivity index (χ0) is 43.0. The molecule has 0 heterocycles. The van der Waals surface area contributed by atoms with E-state index in [-0.39, 0.29) is 34.8 Å². The van der Waals surface area contributed by atoms with Gasteiger partial charge in [0.15, 0.2) is 0 Å². The molecule has 2 atom stereocenters. The molecule has 4 N–H and O–H groups in total. The second-order valence-corrected chi connectivity index (χ2v) is 13.3. The summed E-state index contributed by atoms with van der Waals surface area (Å²) in [6, 6.07) is 18.8. The average Bonchev–Trinajstić information content (AvgIpc) is 3.22. The van der Waals surface area contributed by atoms with Crippen LogP contribution in [0.25, 0.3) is 0 Å². The van der Waals surface area contributed by atoms with Crippen LogP contribution in [0.4, 0.5) is 0 Å². The Kier molecular flexibility index (Phi) is 27.1. The fourth-order valence-corrected chi connectivity index (χ4v) is 5.52. The molecule has 3 aromatic rings. The topological polar surface area (TPSA) is 186 Å². The fraction of sp³-hybridized carbons (Fsp3) is 0.435. The molecule has 12 nitrogen and oxygen atoms in total. The maximum atomic E-state index is 11.4. The molecular weight excluding hydrogens is 744 g/mol. The van der Waals surface area contributed by atoms with Gasteiger partial charge in [0.25, 0.3) is 0 Å². The van der Waals surface area contributed by atoms with Gasteiger partial charge in [-0.2, -0.15) is 0 Å². The van der Waals surface area contributed by atoms with Gasteiger partial charge < -0.3 is 39.4 Å². The van der Waals surface area contributed by atoms with E-state index in [0.29, 0.717) is 50.4 Å². The Morgan fingerprint density at radius 3 is 1.21 bits per heavy atom. The van der Waals surface area contributed by atoms with Crippen LogP contribution < -0.4 is 9.47 Å². The van der Waals surface area contributed by atoms with Crippen molar-refractivity contribution in [3.8, 4) is 23.0 Å². The number of carboxylic acids is 2. The molecule has 2 unspecified atom stereocenters. The Labute approximate surface area is 343 Å². The first-order valence-electron chi connectivity index (χ1n) is 20.0. The van der Waals surface area contributed by atoms with Crippen LogP contribution in [-0.4, -0.2) is 69.7 Å². The summed E-state index contributed by atoms with van der Waals surface area (Å²) in [5, 5.41) is 35.6. The lowest BCUT2D eigenvalue weighted by Gasteiger charge is -2.17. The fourth-order valence-electron chi connectivity index (χ4n) is 5.52. The van der Waals surface area contributed by atoms with Gasteiger partial charge in [-0.3, -0.25) is 0 Å². The third kappa shape index (κ3) is 23.3. The number of para-hydroxylation sites is 2. The summed E-state index contributed by atoms with van der Waals surface area (Å²) in [6.07, 6.45) is 15.4. The van der Waals surface area contributed by atoms with Crippen molar-refractivity contribution in [1.29, 1.82) is 0 Å². The van der Waals surface area contributed by atoms with Crippen molar-refractivity contribution in [2.45, 2.75) is 116 Å². The SMILES string of the molecule is C=CC(=O)OC(CCCCCC)CCCOc1ccccc1C(=O)O.C=CC(=O)OC(CCCCCC)CCCOc1ccccc1C(=O)O.Oc1ccc(O)cc1. The third-order valence-electron chi connectivity index (χ3n) is 8.60. The lowest BCUT2D eigenvalue weighted by atomic mass is 10.1. The summed E-state index contributed by atoms with van der Waals surface area (Å²) in [5.41, 5.74) is 0.299. The molecule has 0 radical (unpaired) electrons. The standard InChI is InChI=1S/2C20H28O5.C6H6O2/c2*1-3-5-6-7-11-16(25-19(21)4-2)12-10-15-24-18-14-9-8-13-17(18)20(22)23;7-5-1-2-6(8)4-3-5/h2*4,8-9,13-14,16H,2-3,5-7,10-12,15H2,1H3,(H,22,23);1-4,7-8H. The van der Waals surface area contributed by atoms with Crippen molar-refractivity contribution in [2.24, 2.45) is 0 Å². The van der Waals surface area contributed by atoms with E-state index >= 15 is 0 Å². The zero-order valence-electron chi connectivity index (χ0n) is 34.0. The minimum absolute atomic E-state index is 0.150. The van der Waals surface area contributed by atoms with E-state index in [4.69, 9.17) is 39.4 Å². The lowest BCUT2D eigenvalue weighted by Crippen LogP contribution is -2.18. The molecule has 0 spiro atoms. The van der Waals surface area contributed by atoms with Gasteiger partial charge in [0.1, 0.15) is 46.3 Å². The summed E-state index contributed by atoms with van der Waals surface area (Å²) in [6.45, 7) is 11.9. The average molecular weight is 807 g/mol. The Bertz CT molecular complexity index is 1520. The highest BCUT2D eigenvalue weighted by Crippen LogP contribution is 2.21. The van der Waals surface area contributed by atoms with Gasteiger partial charge in [0.2, 0.25) is 0 Å². The van der Waals surface area contributed by atoms with Crippen LogP contribution in [0, 0.1) is 0 Å². The zero-order valence-corrected chi connectivity index (χ0v) is 34.0. The number of hydrogen-bond donors (Lipinski definition) is 4. The molecule has 0 amide bonds. The Morgan fingerprint density at radius 1 is 0.534 bits per heavy atom. The number of ether oxygens (including phenoxy) is 4. The van der Waals surface area contributed by atoms with E-state index in [0.717, 1.165) is 51.4 Å². The Balaban J connectivity index is 0.000000486. The van der Waals surface area contributed by atoms with E-state index in [1.165, 1.54) is 61.4 Å². The highest BCUT2D eigenvalue weighted by molar-refractivity contribution is 5.91. The minimum atomic E-state index is -1.01. The van der Waals surface area contributed by atoms with Crippen LogP contribution >= 0.6 is 0 Å². The van der Waals surface area contributed by atoms with Gasteiger partial charge in [-0.05, 0) is 99.9 Å². The van der Waals surface area contributed by atoms with Crippen molar-refractivity contribution < 1.29 is 58.6 Å². The molecule has 3 rings (SSSR count). The quantitative estimate of drug-likeness (QED) is 0.0261. The molecule has 0 aliphatic heterocycles. The third-order valence-corrected chi connectivity index (χ3v) is 8.60. The number of carbonyl (C=O) groups is 4. The predicted molar refractivity (Wildman–Crippen MR) is 224 cm³/mol. The smallest absolute Gasteiger partial charge is 0.339 e. The van der Waals surface area contributed by atoms with Crippen molar-refractivity contribution in [2.75, 3.05) is 13.2 Å². The first-order chi connectivity index (χ1) is 27.9. The molecule has 58 heavy (non-hydrogen) atoms. The number of phenols is 2. The van der Waals surface area contributed by atoms with Gasteiger partial charge in [-0.25, -0.2) is 19.2 Å². The van der Waals surface area contributed by atoms with Crippen LogP contribution in [0.1, 0.15) is 124 Å². The molecule has 0 aliphatic carbocycles. The predicted octanol–water partition coefficient (Wildman–Crippen LogP) is 10.3. The molecule has 0 saturated heterocycles. The summed E-state index contributed by atoms with van der Waals surface area (Å²) in [5.74, 6) is -1.77. The second kappa shape index (κ2) is 31.3. The highest BCUT2D eigenvalue weighted by atomic mass is 16.5.